The Morgan fingerprint density at radius 3 is 0.889 bits per heavy atom. The molecule has 52 valence electrons. The fraction of sp³-hybridized carbons (Fsp3) is 0. The van der Waals surface area contributed by atoms with Crippen LogP contribution >= 0.6 is 0 Å². The van der Waals surface area contributed by atoms with Crippen molar-refractivity contribution in [2.24, 2.45) is 0 Å². The molecule has 0 saturated carbocycles. The molecule has 0 aromatic heterocycles. The van der Waals surface area contributed by atoms with Crippen LogP contribution in [-0.4, -0.2) is 42.1 Å². The SMILES string of the molecule is [La].[Mn].[OH][Ti]([OH])([OH])[OH].[PbH2].[Zr]. The number of hydrogen-bond acceptors (Lipinski definition) is 4. The molecule has 4 nitrogen and oxygen atoms in total. The van der Waals surface area contributed by atoms with Crippen LogP contribution < -0.4 is 0 Å². The van der Waals surface area contributed by atoms with Crippen molar-refractivity contribution in [3.63, 3.8) is 0 Å². The second-order valence-corrected chi connectivity index (χ2v) is 2.47. The summed E-state index contributed by atoms with van der Waals surface area (Å²) in [5.74, 6) is 0. The van der Waals surface area contributed by atoms with E-state index in [1.807, 2.05) is 0 Å². The Morgan fingerprint density at radius 1 is 0.889 bits per heavy atom. The zero-order chi connectivity index (χ0) is 4.50. The second-order valence-electron chi connectivity index (χ2n) is 0.600. The van der Waals surface area contributed by atoms with E-state index in [4.69, 9.17) is 14.8 Å². The second kappa shape index (κ2) is 14.6. The average molecular weight is 610 g/mol. The van der Waals surface area contributed by atoms with Gasteiger partial charge in [-0.3, -0.25) is 0 Å². The third kappa shape index (κ3) is 73.8. The zero-order valence-corrected chi connectivity index (χ0v) is 18.8. The minimum atomic E-state index is -5.00. The molecule has 0 amide bonds. The van der Waals surface area contributed by atoms with Crippen molar-refractivity contribution >= 4 is 27.3 Å². The Bertz CT molecular complexity index is 36.0. The molecule has 0 aliphatic carbocycles. The topological polar surface area (TPSA) is 80.9 Å². The molecule has 4 radical (unpaired) electrons. The molecule has 0 aliphatic heterocycles. The predicted molar refractivity (Wildman–Crippen MR) is 17.4 cm³/mol. The van der Waals surface area contributed by atoms with E-state index in [-0.39, 0.29) is 106 Å². The molecule has 0 atom stereocenters. The van der Waals surface area contributed by atoms with Gasteiger partial charge in [-0.25, -0.2) is 0 Å². The Kier molecular flexibility index (Phi) is 47.4. The first-order valence-electron chi connectivity index (χ1n) is 0.894. The molecular weight excluding hydrogens is 604 g/mol. The van der Waals surface area contributed by atoms with Gasteiger partial charge in [-0.15, -0.1) is 0 Å². The van der Waals surface area contributed by atoms with Gasteiger partial charge in [-0.2, -0.15) is 0 Å². The van der Waals surface area contributed by atoms with Crippen LogP contribution in [-0.2, 0) is 61.4 Å². The summed E-state index contributed by atoms with van der Waals surface area (Å²) in [6.07, 6.45) is 0. The van der Waals surface area contributed by atoms with Gasteiger partial charge < -0.3 is 0 Å². The predicted octanol–water partition coefficient (Wildman–Crippen LogP) is -3.15. The number of hydrogen-bond donors (Lipinski definition) is 4. The van der Waals surface area contributed by atoms with Crippen molar-refractivity contribution in [1.82, 2.24) is 0 Å². The molecular formula is H6LaMnO4PbTiZr. The normalized spacial score (nSPS) is 6.67. The van der Waals surface area contributed by atoms with Gasteiger partial charge in [0.1, 0.15) is 0 Å². The van der Waals surface area contributed by atoms with Crippen LogP contribution in [0.1, 0.15) is 0 Å². The summed E-state index contributed by atoms with van der Waals surface area (Å²) in [7, 11) is 0. The van der Waals surface area contributed by atoms with Gasteiger partial charge in [0, 0.05) is 78.9 Å². The first kappa shape index (κ1) is 29.2. The molecule has 0 aliphatic rings. The largest absolute Gasteiger partial charge is 0 e. The summed E-state index contributed by atoms with van der Waals surface area (Å²) in [5, 5.41) is 0. The van der Waals surface area contributed by atoms with Crippen LogP contribution in [0, 0.1) is 35.6 Å². The summed E-state index contributed by atoms with van der Waals surface area (Å²) >= 11 is -5.00. The van der Waals surface area contributed by atoms with E-state index in [0.29, 0.717) is 0 Å². The molecule has 0 bridgehead atoms. The van der Waals surface area contributed by atoms with Crippen molar-refractivity contribution in [3.8, 4) is 0 Å². The molecule has 0 spiro atoms. The molecule has 0 fully saturated rings. The minimum Gasteiger partial charge on any atom is 0 e. The summed E-state index contributed by atoms with van der Waals surface area (Å²) in [5.41, 5.74) is 0. The average Bonchev–Trinajstić information content (AvgIpc) is 0.722. The minimum absolute atomic E-state index is 0. The molecule has 0 aromatic carbocycles. The van der Waals surface area contributed by atoms with Crippen molar-refractivity contribution < 1.29 is 112 Å². The first-order valence-corrected chi connectivity index (χ1v) is 3.69. The monoisotopic (exact) mass is 610 g/mol. The van der Waals surface area contributed by atoms with E-state index in [2.05, 4.69) is 0 Å². The molecule has 9 heteroatoms. The van der Waals surface area contributed by atoms with Crippen LogP contribution in [0.5, 0.6) is 0 Å². The molecule has 0 aromatic rings. The van der Waals surface area contributed by atoms with Crippen LogP contribution in [0.15, 0.2) is 0 Å². The standard InChI is InChI=1S/La.Mn.4H2O.Pb.Ti.Zr.2H/h;;4*1H2;;;;;/q;;;;;;;+4;;;/p-4. The van der Waals surface area contributed by atoms with E-state index in [9.17, 15) is 0 Å². The Balaban J connectivity index is -0.0000000133. The van der Waals surface area contributed by atoms with Crippen molar-refractivity contribution in [1.29, 1.82) is 0 Å². The van der Waals surface area contributed by atoms with Crippen molar-refractivity contribution in [2.45, 2.75) is 0 Å². The van der Waals surface area contributed by atoms with E-state index >= 15 is 0 Å². The van der Waals surface area contributed by atoms with Gasteiger partial charge in [-0.1, -0.05) is 0 Å². The van der Waals surface area contributed by atoms with Crippen LogP contribution in [0.4, 0.5) is 0 Å². The van der Waals surface area contributed by atoms with E-state index in [1.54, 1.807) is 0 Å². The molecule has 4 N–H and O–H groups in total. The summed E-state index contributed by atoms with van der Waals surface area (Å²) in [4.78, 5) is 0. The van der Waals surface area contributed by atoms with Crippen molar-refractivity contribution in [2.75, 3.05) is 0 Å². The maximum atomic E-state index is 7.38. The van der Waals surface area contributed by atoms with Gasteiger partial charge in [0.25, 0.3) is 0 Å². The summed E-state index contributed by atoms with van der Waals surface area (Å²) < 4.78 is 29.5. The fourth-order valence-electron chi connectivity index (χ4n) is 0. The van der Waals surface area contributed by atoms with Gasteiger partial charge in [0.05, 0.1) is 0 Å². The van der Waals surface area contributed by atoms with Crippen LogP contribution in [0.2, 0.25) is 0 Å². The molecule has 0 saturated heterocycles. The van der Waals surface area contributed by atoms with E-state index in [1.165, 1.54) is 0 Å². The van der Waals surface area contributed by atoms with Crippen LogP contribution in [0.25, 0.3) is 0 Å². The zero-order valence-electron chi connectivity index (χ0n) is 4.45. The maximum absolute atomic E-state index is 7.38. The number of rotatable bonds is 0. The van der Waals surface area contributed by atoms with Gasteiger partial charge in [-0.05, 0) is 0 Å². The fourth-order valence-corrected chi connectivity index (χ4v) is 0. The van der Waals surface area contributed by atoms with Gasteiger partial charge >= 0.3 is 60.2 Å². The van der Waals surface area contributed by atoms with Crippen molar-refractivity contribution in [3.05, 3.63) is 0 Å². The summed E-state index contributed by atoms with van der Waals surface area (Å²) in [6.45, 7) is 0. The smallest absolute Gasteiger partial charge is 0 e. The van der Waals surface area contributed by atoms with Crippen LogP contribution in [0.3, 0.4) is 0 Å². The quantitative estimate of drug-likeness (QED) is 0.219. The first-order chi connectivity index (χ1) is 2.00. The molecule has 0 rings (SSSR count). The van der Waals surface area contributed by atoms with E-state index in [0.717, 1.165) is 0 Å². The Hall–Kier alpha value is 4.07. The molecule has 0 unspecified atom stereocenters. The third-order valence-corrected chi connectivity index (χ3v) is 0. The van der Waals surface area contributed by atoms with Gasteiger partial charge in [0.2, 0.25) is 0 Å². The maximum Gasteiger partial charge on any atom is 0 e. The molecule has 9 heavy (non-hydrogen) atoms. The Morgan fingerprint density at radius 2 is 0.889 bits per heavy atom. The van der Waals surface area contributed by atoms with E-state index < -0.39 is 18.1 Å². The van der Waals surface area contributed by atoms with Gasteiger partial charge in [0.15, 0.2) is 0 Å². The molecule has 0 heterocycles. The third-order valence-electron chi connectivity index (χ3n) is 0. The summed E-state index contributed by atoms with van der Waals surface area (Å²) in [6, 6.07) is 0. The Labute approximate surface area is 136 Å².